The highest BCUT2D eigenvalue weighted by Gasteiger charge is 2.08. The van der Waals surface area contributed by atoms with Gasteiger partial charge in [0.25, 0.3) is 0 Å². The summed E-state index contributed by atoms with van der Waals surface area (Å²) in [6.45, 7) is 0.163. The van der Waals surface area contributed by atoms with Crippen molar-refractivity contribution in [1.29, 1.82) is 5.26 Å². The number of ether oxygens (including phenoxy) is 1. The predicted molar refractivity (Wildman–Crippen MR) is 79.9 cm³/mol. The number of hydrogen-bond acceptors (Lipinski definition) is 4. The third-order valence-electron chi connectivity index (χ3n) is 2.84. The molecule has 5 nitrogen and oxygen atoms in total. The monoisotopic (exact) mass is 301 g/mol. The molecular weight excluding hydrogens is 290 g/mol. The number of hydrogen-bond donors (Lipinski definition) is 2. The van der Waals surface area contributed by atoms with Gasteiger partial charge in [-0.1, -0.05) is 17.7 Å². The molecule has 0 aromatic heterocycles. The van der Waals surface area contributed by atoms with Gasteiger partial charge in [-0.05, 0) is 30.3 Å². The molecule has 0 spiro atoms. The first-order valence-corrected chi connectivity index (χ1v) is 6.39. The van der Waals surface area contributed by atoms with Crippen LogP contribution in [0.25, 0.3) is 0 Å². The van der Waals surface area contributed by atoms with Crippen LogP contribution in [0.5, 0.6) is 5.75 Å². The highest BCUT2D eigenvalue weighted by molar-refractivity contribution is 6.31. The van der Waals surface area contributed by atoms with Crippen molar-refractivity contribution in [2.75, 3.05) is 5.73 Å². The Morgan fingerprint density at radius 2 is 2.05 bits per heavy atom. The number of nitrogen functional groups attached to an aromatic ring is 1. The van der Waals surface area contributed by atoms with Gasteiger partial charge in [0.15, 0.2) is 0 Å². The number of carbonyl (C=O) groups is 1. The minimum Gasteiger partial charge on any atom is -0.487 e. The van der Waals surface area contributed by atoms with Crippen LogP contribution in [0, 0.1) is 11.3 Å². The number of primary amides is 1. The SMILES string of the molecule is N#Cc1cc(N)ccc1OCc1ccc(C(N)=O)cc1Cl. The third-order valence-corrected chi connectivity index (χ3v) is 3.20. The van der Waals surface area contributed by atoms with Crippen LogP contribution >= 0.6 is 11.6 Å². The summed E-state index contributed by atoms with van der Waals surface area (Å²) in [5.74, 6) is -0.128. The molecule has 0 bridgehead atoms. The third kappa shape index (κ3) is 3.44. The zero-order chi connectivity index (χ0) is 15.4. The quantitative estimate of drug-likeness (QED) is 0.847. The molecule has 0 unspecified atom stereocenters. The van der Waals surface area contributed by atoms with Crippen LogP contribution < -0.4 is 16.2 Å². The second-order valence-electron chi connectivity index (χ2n) is 4.33. The Balaban J connectivity index is 2.17. The number of rotatable bonds is 4. The minimum absolute atomic E-state index is 0.163. The second-order valence-corrected chi connectivity index (χ2v) is 4.73. The summed E-state index contributed by atoms with van der Waals surface area (Å²) in [6, 6.07) is 11.5. The van der Waals surface area contributed by atoms with E-state index in [0.717, 1.165) is 0 Å². The average Bonchev–Trinajstić information content (AvgIpc) is 2.46. The molecule has 21 heavy (non-hydrogen) atoms. The van der Waals surface area contributed by atoms with Gasteiger partial charge in [-0.25, -0.2) is 0 Å². The summed E-state index contributed by atoms with van der Waals surface area (Å²) < 4.78 is 5.57. The molecule has 2 aromatic carbocycles. The van der Waals surface area contributed by atoms with E-state index in [1.807, 2.05) is 6.07 Å². The van der Waals surface area contributed by atoms with Crippen molar-refractivity contribution in [3.8, 4) is 11.8 Å². The largest absolute Gasteiger partial charge is 0.487 e. The number of amides is 1. The second kappa shape index (κ2) is 6.16. The van der Waals surface area contributed by atoms with E-state index in [0.29, 0.717) is 33.1 Å². The molecule has 0 saturated carbocycles. The van der Waals surface area contributed by atoms with Crippen LogP contribution in [-0.4, -0.2) is 5.91 Å². The van der Waals surface area contributed by atoms with Crippen LogP contribution in [0.15, 0.2) is 36.4 Å². The normalized spacial score (nSPS) is 9.90. The van der Waals surface area contributed by atoms with Crippen molar-refractivity contribution >= 4 is 23.2 Å². The Bertz CT molecular complexity index is 738. The van der Waals surface area contributed by atoms with Gasteiger partial charge < -0.3 is 16.2 Å². The van der Waals surface area contributed by atoms with E-state index in [1.54, 1.807) is 24.3 Å². The molecule has 0 atom stereocenters. The van der Waals surface area contributed by atoms with Crippen molar-refractivity contribution in [1.82, 2.24) is 0 Å². The van der Waals surface area contributed by atoms with Crippen molar-refractivity contribution in [3.05, 3.63) is 58.1 Å². The lowest BCUT2D eigenvalue weighted by atomic mass is 10.1. The molecule has 0 fully saturated rings. The van der Waals surface area contributed by atoms with Gasteiger partial charge in [0.2, 0.25) is 5.91 Å². The first-order valence-electron chi connectivity index (χ1n) is 6.02. The van der Waals surface area contributed by atoms with E-state index in [9.17, 15) is 4.79 Å². The standard InChI is InChI=1S/C15H12ClN3O2/c16-13-6-9(15(19)20)1-2-10(13)8-21-14-4-3-12(18)5-11(14)7-17/h1-6H,8,18H2,(H2,19,20). The van der Waals surface area contributed by atoms with Crippen LogP contribution in [-0.2, 0) is 6.61 Å². The number of halogens is 1. The summed E-state index contributed by atoms with van der Waals surface area (Å²) in [6.07, 6.45) is 0. The van der Waals surface area contributed by atoms with Crippen LogP contribution in [0.3, 0.4) is 0 Å². The zero-order valence-corrected chi connectivity index (χ0v) is 11.7. The van der Waals surface area contributed by atoms with Gasteiger partial charge in [0, 0.05) is 21.8 Å². The number of nitrogens with two attached hydrogens (primary N) is 2. The summed E-state index contributed by atoms with van der Waals surface area (Å²) in [4.78, 5) is 11.0. The van der Waals surface area contributed by atoms with E-state index in [-0.39, 0.29) is 6.61 Å². The van der Waals surface area contributed by atoms with Crippen molar-refractivity contribution < 1.29 is 9.53 Å². The number of benzene rings is 2. The summed E-state index contributed by atoms with van der Waals surface area (Å²) in [5.41, 5.74) is 12.6. The molecule has 0 aliphatic heterocycles. The fourth-order valence-electron chi connectivity index (χ4n) is 1.73. The van der Waals surface area contributed by atoms with Gasteiger partial charge in [0.1, 0.15) is 18.4 Å². The minimum atomic E-state index is -0.547. The van der Waals surface area contributed by atoms with Crippen LogP contribution in [0.2, 0.25) is 5.02 Å². The van der Waals surface area contributed by atoms with E-state index in [2.05, 4.69) is 0 Å². The molecular formula is C15H12ClN3O2. The number of anilines is 1. The molecule has 0 aliphatic carbocycles. The Hall–Kier alpha value is -2.71. The first-order chi connectivity index (χ1) is 10.0. The smallest absolute Gasteiger partial charge is 0.248 e. The number of nitrogens with zero attached hydrogens (tertiary/aromatic N) is 1. The molecule has 6 heteroatoms. The van der Waals surface area contributed by atoms with Crippen molar-refractivity contribution in [2.24, 2.45) is 5.73 Å². The lowest BCUT2D eigenvalue weighted by Gasteiger charge is -2.10. The lowest BCUT2D eigenvalue weighted by Crippen LogP contribution is -2.11. The topological polar surface area (TPSA) is 102 Å². The molecule has 106 valence electrons. The van der Waals surface area contributed by atoms with Gasteiger partial charge in [-0.2, -0.15) is 5.26 Å². The van der Waals surface area contributed by atoms with Gasteiger partial charge >= 0.3 is 0 Å². The summed E-state index contributed by atoms with van der Waals surface area (Å²) in [5, 5.41) is 9.40. The van der Waals surface area contributed by atoms with E-state index in [4.69, 9.17) is 33.1 Å². The van der Waals surface area contributed by atoms with Gasteiger partial charge in [0.05, 0.1) is 5.56 Å². The molecule has 1 amide bonds. The molecule has 0 radical (unpaired) electrons. The van der Waals surface area contributed by atoms with E-state index >= 15 is 0 Å². The maximum absolute atomic E-state index is 11.0. The Labute approximate surface area is 126 Å². The van der Waals surface area contributed by atoms with Crippen LogP contribution in [0.4, 0.5) is 5.69 Å². The van der Waals surface area contributed by atoms with Gasteiger partial charge in [-0.3, -0.25) is 4.79 Å². The van der Waals surface area contributed by atoms with Crippen molar-refractivity contribution in [2.45, 2.75) is 6.61 Å². The highest BCUT2D eigenvalue weighted by Crippen LogP contribution is 2.24. The number of nitriles is 1. The Morgan fingerprint density at radius 3 is 2.67 bits per heavy atom. The van der Waals surface area contributed by atoms with E-state index < -0.39 is 5.91 Å². The van der Waals surface area contributed by atoms with Gasteiger partial charge in [-0.15, -0.1) is 0 Å². The fourth-order valence-corrected chi connectivity index (χ4v) is 1.97. The molecule has 0 heterocycles. The van der Waals surface area contributed by atoms with Crippen LogP contribution in [0.1, 0.15) is 21.5 Å². The molecule has 2 aromatic rings. The van der Waals surface area contributed by atoms with E-state index in [1.165, 1.54) is 12.1 Å². The summed E-state index contributed by atoms with van der Waals surface area (Å²) in [7, 11) is 0. The Kier molecular flexibility index (Phi) is 4.31. The zero-order valence-electron chi connectivity index (χ0n) is 11.0. The fraction of sp³-hybridized carbons (Fsp3) is 0.0667. The molecule has 4 N–H and O–H groups in total. The molecule has 2 rings (SSSR count). The predicted octanol–water partition coefficient (Wildman–Crippen LogP) is 2.47. The lowest BCUT2D eigenvalue weighted by molar-refractivity contribution is 0.1000. The van der Waals surface area contributed by atoms with Crippen molar-refractivity contribution in [3.63, 3.8) is 0 Å². The number of carbonyl (C=O) groups excluding carboxylic acids is 1. The maximum Gasteiger partial charge on any atom is 0.248 e. The first kappa shape index (κ1) is 14.7. The highest BCUT2D eigenvalue weighted by atomic mass is 35.5. The molecule has 0 aliphatic rings. The Morgan fingerprint density at radius 1 is 1.29 bits per heavy atom. The molecule has 0 saturated heterocycles. The maximum atomic E-state index is 11.0. The summed E-state index contributed by atoms with van der Waals surface area (Å²) >= 11 is 6.07. The average molecular weight is 302 g/mol.